The minimum atomic E-state index is 0.520. The minimum absolute atomic E-state index is 0.520. The molecule has 1 atom stereocenters. The van der Waals surface area contributed by atoms with Crippen LogP contribution in [0.15, 0.2) is 24.3 Å². The van der Waals surface area contributed by atoms with E-state index in [-0.39, 0.29) is 0 Å². The highest BCUT2D eigenvalue weighted by Crippen LogP contribution is 2.28. The van der Waals surface area contributed by atoms with Crippen molar-refractivity contribution < 1.29 is 0 Å². The van der Waals surface area contributed by atoms with Crippen LogP contribution in [0.1, 0.15) is 24.4 Å². The van der Waals surface area contributed by atoms with Gasteiger partial charge in [-0.25, -0.2) is 0 Å². The number of nitrogens with one attached hydrogen (secondary N) is 2. The molecule has 0 bridgehead atoms. The summed E-state index contributed by atoms with van der Waals surface area (Å²) in [7, 11) is 2.03. The summed E-state index contributed by atoms with van der Waals surface area (Å²) in [6.07, 6.45) is 2.46. The van der Waals surface area contributed by atoms with Gasteiger partial charge in [-0.3, -0.25) is 0 Å². The van der Waals surface area contributed by atoms with Crippen molar-refractivity contribution in [3.8, 4) is 0 Å². The van der Waals surface area contributed by atoms with Gasteiger partial charge < -0.3 is 10.6 Å². The molecule has 0 aliphatic carbocycles. The van der Waals surface area contributed by atoms with Gasteiger partial charge >= 0.3 is 0 Å². The first kappa shape index (κ1) is 8.57. The van der Waals surface area contributed by atoms with Crippen LogP contribution in [0.5, 0.6) is 0 Å². The van der Waals surface area contributed by atoms with E-state index >= 15 is 0 Å². The molecule has 0 amide bonds. The van der Waals surface area contributed by atoms with Gasteiger partial charge in [0.25, 0.3) is 0 Å². The fourth-order valence-electron chi connectivity index (χ4n) is 1.95. The standard InChI is InChI=1S/C11H16N2/c1-12-10-7-4-8-13-11-6-3-2-5-9(10)11/h2-3,5-6,10,12-13H,4,7-8H2,1H3/t10-/m1/s1. The van der Waals surface area contributed by atoms with Gasteiger partial charge in [0.2, 0.25) is 0 Å². The summed E-state index contributed by atoms with van der Waals surface area (Å²) in [5.41, 5.74) is 2.70. The maximum atomic E-state index is 3.45. The van der Waals surface area contributed by atoms with Crippen molar-refractivity contribution in [1.29, 1.82) is 0 Å². The fraction of sp³-hybridized carbons (Fsp3) is 0.455. The quantitative estimate of drug-likeness (QED) is 0.685. The number of rotatable bonds is 1. The first-order chi connectivity index (χ1) is 6.42. The Morgan fingerprint density at radius 1 is 1.38 bits per heavy atom. The van der Waals surface area contributed by atoms with Gasteiger partial charge in [0.15, 0.2) is 0 Å². The zero-order valence-electron chi connectivity index (χ0n) is 8.01. The van der Waals surface area contributed by atoms with Gasteiger partial charge in [-0.15, -0.1) is 0 Å². The number of hydrogen-bond acceptors (Lipinski definition) is 2. The van der Waals surface area contributed by atoms with Gasteiger partial charge in [-0.2, -0.15) is 0 Å². The van der Waals surface area contributed by atoms with Crippen LogP contribution in [-0.4, -0.2) is 13.6 Å². The third-order valence-electron chi connectivity index (χ3n) is 2.67. The van der Waals surface area contributed by atoms with Crippen LogP contribution >= 0.6 is 0 Å². The van der Waals surface area contributed by atoms with E-state index in [0.29, 0.717) is 6.04 Å². The molecule has 0 radical (unpaired) electrons. The molecule has 70 valence electrons. The van der Waals surface area contributed by atoms with Crippen LogP contribution in [-0.2, 0) is 0 Å². The van der Waals surface area contributed by atoms with Gasteiger partial charge in [-0.05, 0) is 31.5 Å². The average Bonchev–Trinajstić information content (AvgIpc) is 2.39. The van der Waals surface area contributed by atoms with E-state index in [4.69, 9.17) is 0 Å². The number of para-hydroxylation sites is 1. The molecule has 0 fully saturated rings. The summed E-state index contributed by atoms with van der Waals surface area (Å²) in [5.74, 6) is 0. The maximum absolute atomic E-state index is 3.45. The molecule has 1 aromatic rings. The summed E-state index contributed by atoms with van der Waals surface area (Å²) in [6.45, 7) is 1.09. The van der Waals surface area contributed by atoms with Gasteiger partial charge in [0.1, 0.15) is 0 Å². The number of anilines is 1. The Bertz CT molecular complexity index is 283. The lowest BCUT2D eigenvalue weighted by atomic mass is 10.0. The van der Waals surface area contributed by atoms with Crippen molar-refractivity contribution in [2.75, 3.05) is 18.9 Å². The molecule has 1 aliphatic rings. The Balaban J connectivity index is 2.35. The van der Waals surface area contributed by atoms with Crippen molar-refractivity contribution in [2.45, 2.75) is 18.9 Å². The topological polar surface area (TPSA) is 24.1 Å². The molecule has 0 aromatic heterocycles. The number of fused-ring (bicyclic) bond motifs is 1. The molecule has 2 nitrogen and oxygen atoms in total. The molecule has 1 aliphatic heterocycles. The second-order valence-electron chi connectivity index (χ2n) is 3.50. The minimum Gasteiger partial charge on any atom is -0.385 e. The zero-order chi connectivity index (χ0) is 9.10. The molecule has 0 unspecified atom stereocenters. The number of hydrogen-bond donors (Lipinski definition) is 2. The van der Waals surface area contributed by atoms with Crippen molar-refractivity contribution in [1.82, 2.24) is 5.32 Å². The monoisotopic (exact) mass is 176 g/mol. The molecule has 13 heavy (non-hydrogen) atoms. The van der Waals surface area contributed by atoms with Gasteiger partial charge in [0, 0.05) is 18.3 Å². The van der Waals surface area contributed by atoms with Crippen LogP contribution in [0, 0.1) is 0 Å². The molecular weight excluding hydrogens is 160 g/mol. The molecule has 2 N–H and O–H groups in total. The second kappa shape index (κ2) is 3.79. The fourth-order valence-corrected chi connectivity index (χ4v) is 1.95. The first-order valence-corrected chi connectivity index (χ1v) is 4.92. The molecule has 2 rings (SSSR count). The molecule has 1 aromatic carbocycles. The lowest BCUT2D eigenvalue weighted by molar-refractivity contribution is 0.546. The van der Waals surface area contributed by atoms with Crippen LogP contribution in [0.25, 0.3) is 0 Å². The SMILES string of the molecule is CN[C@@H]1CCCNc2ccccc21. The normalized spacial score (nSPS) is 21.5. The largest absolute Gasteiger partial charge is 0.385 e. The summed E-state index contributed by atoms with van der Waals surface area (Å²) in [4.78, 5) is 0. The van der Waals surface area contributed by atoms with E-state index < -0.39 is 0 Å². The van der Waals surface area contributed by atoms with Crippen LogP contribution in [0.4, 0.5) is 5.69 Å². The predicted octanol–water partition coefficient (Wildman–Crippen LogP) is 2.15. The van der Waals surface area contributed by atoms with Crippen LogP contribution < -0.4 is 10.6 Å². The Morgan fingerprint density at radius 2 is 2.23 bits per heavy atom. The highest BCUT2D eigenvalue weighted by Gasteiger charge is 2.15. The van der Waals surface area contributed by atoms with E-state index in [1.807, 2.05) is 7.05 Å². The predicted molar refractivity (Wildman–Crippen MR) is 56.0 cm³/mol. The van der Waals surface area contributed by atoms with Crippen molar-refractivity contribution in [3.05, 3.63) is 29.8 Å². The Kier molecular flexibility index (Phi) is 2.50. The van der Waals surface area contributed by atoms with Gasteiger partial charge in [-0.1, -0.05) is 18.2 Å². The van der Waals surface area contributed by atoms with E-state index in [1.54, 1.807) is 0 Å². The molecule has 0 saturated carbocycles. The third-order valence-corrected chi connectivity index (χ3v) is 2.67. The lowest BCUT2D eigenvalue weighted by Gasteiger charge is -2.15. The Morgan fingerprint density at radius 3 is 3.08 bits per heavy atom. The first-order valence-electron chi connectivity index (χ1n) is 4.92. The van der Waals surface area contributed by atoms with E-state index in [2.05, 4.69) is 34.9 Å². The molecule has 0 saturated heterocycles. The van der Waals surface area contributed by atoms with E-state index in [9.17, 15) is 0 Å². The highest BCUT2D eigenvalue weighted by molar-refractivity contribution is 5.53. The lowest BCUT2D eigenvalue weighted by Crippen LogP contribution is -2.15. The van der Waals surface area contributed by atoms with Crippen molar-refractivity contribution >= 4 is 5.69 Å². The number of benzene rings is 1. The summed E-state index contributed by atoms with van der Waals surface area (Å²) < 4.78 is 0. The molecule has 0 spiro atoms. The summed E-state index contributed by atoms with van der Waals surface area (Å²) >= 11 is 0. The van der Waals surface area contributed by atoms with Gasteiger partial charge in [0.05, 0.1) is 0 Å². The van der Waals surface area contributed by atoms with E-state index in [1.165, 1.54) is 24.1 Å². The smallest absolute Gasteiger partial charge is 0.0388 e. The van der Waals surface area contributed by atoms with Crippen molar-refractivity contribution in [3.63, 3.8) is 0 Å². The summed E-state index contributed by atoms with van der Waals surface area (Å²) in [5, 5.41) is 6.81. The summed E-state index contributed by atoms with van der Waals surface area (Å²) in [6, 6.07) is 9.08. The molecule has 1 heterocycles. The second-order valence-corrected chi connectivity index (χ2v) is 3.50. The van der Waals surface area contributed by atoms with Crippen LogP contribution in [0.3, 0.4) is 0 Å². The third kappa shape index (κ3) is 1.68. The molecular formula is C11H16N2. The maximum Gasteiger partial charge on any atom is 0.0388 e. The Labute approximate surface area is 79.4 Å². The zero-order valence-corrected chi connectivity index (χ0v) is 8.01. The Hall–Kier alpha value is -1.02. The highest BCUT2D eigenvalue weighted by atomic mass is 14.9. The average molecular weight is 176 g/mol. The van der Waals surface area contributed by atoms with E-state index in [0.717, 1.165) is 6.54 Å². The van der Waals surface area contributed by atoms with Crippen molar-refractivity contribution in [2.24, 2.45) is 0 Å². The molecule has 2 heteroatoms. The van der Waals surface area contributed by atoms with Crippen LogP contribution in [0.2, 0.25) is 0 Å².